The van der Waals surface area contributed by atoms with E-state index in [1.54, 1.807) is 18.3 Å². The molecule has 0 spiro atoms. The molecule has 1 nitrogen and oxygen atoms in total. The van der Waals surface area contributed by atoms with E-state index in [0.717, 1.165) is 0 Å². The van der Waals surface area contributed by atoms with Crippen LogP contribution in [0, 0.1) is 19.0 Å². The highest BCUT2D eigenvalue weighted by Gasteiger charge is 1.86. The monoisotopic (exact) mass is 134 g/mol. The molecule has 0 aliphatic heterocycles. The van der Waals surface area contributed by atoms with Crippen LogP contribution in [0.25, 0.3) is 0 Å². The average molecular weight is 134 g/mol. The minimum absolute atomic E-state index is 0.597. The molecular formula is C8H5FN. The van der Waals surface area contributed by atoms with E-state index < -0.39 is 0 Å². The molecule has 49 valence electrons. The molecule has 0 N–H and O–H groups in total. The van der Waals surface area contributed by atoms with Gasteiger partial charge >= 0.3 is 0 Å². The van der Waals surface area contributed by atoms with E-state index in [1.807, 2.05) is 0 Å². The Hall–Kier alpha value is -1.36. The third kappa shape index (κ3) is 1.56. The summed E-state index contributed by atoms with van der Waals surface area (Å²) in [5, 5.41) is 0. The van der Waals surface area contributed by atoms with Gasteiger partial charge in [-0.15, -0.1) is 4.39 Å². The lowest BCUT2D eigenvalue weighted by Gasteiger charge is -1.89. The minimum Gasteiger partial charge on any atom is -0.261 e. The number of nitrogens with zero attached hydrogens (tertiary/aromatic N) is 1. The van der Waals surface area contributed by atoms with Crippen LogP contribution >= 0.6 is 0 Å². The molecular weight excluding hydrogens is 129 g/mol. The Balaban J connectivity index is 3.03. The van der Waals surface area contributed by atoms with Crippen molar-refractivity contribution in [2.45, 2.75) is 0 Å². The summed E-state index contributed by atoms with van der Waals surface area (Å²) in [6, 6.07) is 3.24. The zero-order valence-corrected chi connectivity index (χ0v) is 5.26. The normalized spacial score (nSPS) is 8.20. The molecule has 0 amide bonds. The maximum atomic E-state index is 11.4. The molecule has 0 unspecified atom stereocenters. The smallest absolute Gasteiger partial charge is 0.111 e. The van der Waals surface area contributed by atoms with Gasteiger partial charge in [-0.05, 0) is 25.0 Å². The van der Waals surface area contributed by atoms with Crippen LogP contribution in [0.3, 0.4) is 0 Å². The molecule has 1 aromatic rings. The Morgan fingerprint density at radius 1 is 1.60 bits per heavy atom. The third-order valence-electron chi connectivity index (χ3n) is 1.01. The molecule has 0 aliphatic rings. The SMILES string of the molecule is [CH2]c1cc(C#CF)ccn1. The summed E-state index contributed by atoms with van der Waals surface area (Å²) in [6.45, 7) is 3.56. The first-order valence-electron chi connectivity index (χ1n) is 2.72. The van der Waals surface area contributed by atoms with Crippen molar-refractivity contribution in [2.75, 3.05) is 0 Å². The van der Waals surface area contributed by atoms with Crippen LogP contribution in [0.5, 0.6) is 0 Å². The zero-order valence-electron chi connectivity index (χ0n) is 5.26. The Bertz CT molecular complexity index is 283. The summed E-state index contributed by atoms with van der Waals surface area (Å²) in [6.07, 6.45) is 2.85. The van der Waals surface area contributed by atoms with E-state index in [9.17, 15) is 4.39 Å². The van der Waals surface area contributed by atoms with E-state index in [2.05, 4.69) is 17.8 Å². The summed E-state index contributed by atoms with van der Waals surface area (Å²) in [5.41, 5.74) is 1.20. The van der Waals surface area contributed by atoms with Gasteiger partial charge in [-0.2, -0.15) is 0 Å². The lowest BCUT2D eigenvalue weighted by atomic mass is 10.2. The van der Waals surface area contributed by atoms with Crippen molar-refractivity contribution in [3.8, 4) is 12.1 Å². The van der Waals surface area contributed by atoms with Crippen LogP contribution in [0.4, 0.5) is 4.39 Å². The van der Waals surface area contributed by atoms with Gasteiger partial charge in [0.05, 0.1) is 0 Å². The van der Waals surface area contributed by atoms with Gasteiger partial charge in [-0.25, -0.2) is 0 Å². The summed E-state index contributed by atoms with van der Waals surface area (Å²) < 4.78 is 11.4. The molecule has 1 heterocycles. The van der Waals surface area contributed by atoms with E-state index in [4.69, 9.17) is 0 Å². The second-order valence-electron chi connectivity index (χ2n) is 1.76. The van der Waals surface area contributed by atoms with E-state index >= 15 is 0 Å². The van der Waals surface area contributed by atoms with Crippen molar-refractivity contribution in [1.29, 1.82) is 0 Å². The number of rotatable bonds is 0. The molecule has 1 radical (unpaired) electrons. The number of halogens is 1. The zero-order chi connectivity index (χ0) is 7.40. The van der Waals surface area contributed by atoms with Crippen molar-refractivity contribution in [1.82, 2.24) is 4.98 Å². The molecule has 2 heteroatoms. The number of hydrogen-bond acceptors (Lipinski definition) is 1. The lowest BCUT2D eigenvalue weighted by molar-refractivity contribution is 0.773. The summed E-state index contributed by atoms with van der Waals surface area (Å²) >= 11 is 0. The lowest BCUT2D eigenvalue weighted by Crippen LogP contribution is -1.80. The van der Waals surface area contributed by atoms with Crippen molar-refractivity contribution < 1.29 is 4.39 Å². The minimum atomic E-state index is 0.597. The number of aromatic nitrogens is 1. The largest absolute Gasteiger partial charge is 0.261 e. The van der Waals surface area contributed by atoms with Gasteiger partial charge in [-0.1, -0.05) is 0 Å². The van der Waals surface area contributed by atoms with Gasteiger partial charge in [0.15, 0.2) is 0 Å². The van der Waals surface area contributed by atoms with E-state index in [-0.39, 0.29) is 0 Å². The van der Waals surface area contributed by atoms with Crippen LogP contribution < -0.4 is 0 Å². The van der Waals surface area contributed by atoms with Crippen molar-refractivity contribution >= 4 is 0 Å². The standard InChI is InChI=1S/C8H5FN/c1-7-6-8(2-4-9)3-5-10-7/h3,5-6H,1H2. The second kappa shape index (κ2) is 2.98. The topological polar surface area (TPSA) is 12.9 Å². The Morgan fingerprint density at radius 2 is 2.40 bits per heavy atom. The molecule has 0 saturated carbocycles. The predicted molar refractivity (Wildman–Crippen MR) is 36.7 cm³/mol. The molecule has 0 atom stereocenters. The van der Waals surface area contributed by atoms with Gasteiger partial charge < -0.3 is 0 Å². The van der Waals surface area contributed by atoms with Crippen LogP contribution in [-0.2, 0) is 0 Å². The molecule has 0 saturated heterocycles. The molecule has 0 aliphatic carbocycles. The quantitative estimate of drug-likeness (QED) is 0.490. The maximum Gasteiger partial charge on any atom is 0.111 e. The van der Waals surface area contributed by atoms with Crippen LogP contribution in [0.2, 0.25) is 0 Å². The van der Waals surface area contributed by atoms with Gasteiger partial charge in [0.25, 0.3) is 0 Å². The highest BCUT2D eigenvalue weighted by atomic mass is 19.1. The first-order valence-corrected chi connectivity index (χ1v) is 2.72. The van der Waals surface area contributed by atoms with E-state index in [0.29, 0.717) is 11.3 Å². The van der Waals surface area contributed by atoms with Crippen molar-refractivity contribution in [3.63, 3.8) is 0 Å². The maximum absolute atomic E-state index is 11.4. The highest BCUT2D eigenvalue weighted by Crippen LogP contribution is 1.97. The van der Waals surface area contributed by atoms with Gasteiger partial charge in [0.1, 0.15) is 6.17 Å². The fraction of sp³-hybridized carbons (Fsp3) is 0. The summed E-state index contributed by atoms with van der Waals surface area (Å²) in [4.78, 5) is 3.82. The second-order valence-corrected chi connectivity index (χ2v) is 1.76. The Morgan fingerprint density at radius 3 is 3.00 bits per heavy atom. The fourth-order valence-electron chi connectivity index (χ4n) is 0.610. The predicted octanol–water partition coefficient (Wildman–Crippen LogP) is 1.54. The van der Waals surface area contributed by atoms with Crippen molar-refractivity contribution in [2.24, 2.45) is 0 Å². The van der Waals surface area contributed by atoms with Crippen LogP contribution in [0.15, 0.2) is 18.3 Å². The molecule has 1 rings (SSSR count). The first kappa shape index (κ1) is 6.76. The van der Waals surface area contributed by atoms with Crippen molar-refractivity contribution in [3.05, 3.63) is 36.5 Å². The molecule has 1 aromatic heterocycles. The van der Waals surface area contributed by atoms with Crippen LogP contribution in [-0.4, -0.2) is 4.98 Å². The fourth-order valence-corrected chi connectivity index (χ4v) is 0.610. The summed E-state index contributed by atoms with van der Waals surface area (Å²) in [7, 11) is 0. The highest BCUT2D eigenvalue weighted by molar-refractivity contribution is 5.33. The van der Waals surface area contributed by atoms with E-state index in [1.165, 1.54) is 6.17 Å². The molecule has 0 fully saturated rings. The molecule has 0 bridgehead atoms. The molecule has 10 heavy (non-hydrogen) atoms. The van der Waals surface area contributed by atoms with Gasteiger partial charge in [0, 0.05) is 17.5 Å². The Kier molecular flexibility index (Phi) is 2.01. The number of pyridine rings is 1. The number of hydrogen-bond donors (Lipinski definition) is 0. The average Bonchev–Trinajstić information content (AvgIpc) is 1.88. The summed E-state index contributed by atoms with van der Waals surface area (Å²) in [5.74, 6) is 2.25. The Labute approximate surface area is 58.9 Å². The third-order valence-corrected chi connectivity index (χ3v) is 1.01. The molecule has 0 aromatic carbocycles. The van der Waals surface area contributed by atoms with Gasteiger partial charge in [0.2, 0.25) is 0 Å². The van der Waals surface area contributed by atoms with Gasteiger partial charge in [-0.3, -0.25) is 4.98 Å². The van der Waals surface area contributed by atoms with Crippen LogP contribution in [0.1, 0.15) is 11.3 Å². The first-order chi connectivity index (χ1) is 4.83.